The van der Waals surface area contributed by atoms with Crippen LogP contribution in [0.15, 0.2) is 24.3 Å². The number of nitrogens with two attached hydrogens (primary N) is 1. The molecule has 1 aliphatic heterocycles. The Kier molecular flexibility index (Phi) is 6.21. The molecule has 1 amide bonds. The number of benzene rings is 1. The third kappa shape index (κ3) is 4.16. The molecule has 1 atom stereocenters. The molecule has 4 nitrogen and oxygen atoms in total. The number of rotatable bonds is 3. The molecule has 6 heteroatoms. The Morgan fingerprint density at radius 2 is 2.32 bits per heavy atom. The molecule has 0 bridgehead atoms. The van der Waals surface area contributed by atoms with E-state index in [1.807, 2.05) is 6.07 Å². The van der Waals surface area contributed by atoms with E-state index in [9.17, 15) is 9.18 Å². The second-order valence-electron chi connectivity index (χ2n) is 4.29. The predicted octanol–water partition coefficient (Wildman–Crippen LogP) is 1.50. The maximum atomic E-state index is 13.1. The highest BCUT2D eigenvalue weighted by Gasteiger charge is 2.24. The van der Waals surface area contributed by atoms with Crippen LogP contribution in [0.25, 0.3) is 0 Å². The van der Waals surface area contributed by atoms with Crippen molar-refractivity contribution in [3.05, 3.63) is 35.6 Å². The van der Waals surface area contributed by atoms with Gasteiger partial charge in [0.15, 0.2) is 0 Å². The minimum absolute atomic E-state index is 0. The molecule has 0 saturated carbocycles. The molecule has 1 fully saturated rings. The van der Waals surface area contributed by atoms with Gasteiger partial charge in [-0.25, -0.2) is 4.39 Å². The molecule has 1 saturated heterocycles. The van der Waals surface area contributed by atoms with Gasteiger partial charge in [-0.1, -0.05) is 12.1 Å². The quantitative estimate of drug-likeness (QED) is 0.917. The molecule has 19 heavy (non-hydrogen) atoms. The van der Waals surface area contributed by atoms with Gasteiger partial charge in [-0.05, 0) is 17.7 Å². The summed E-state index contributed by atoms with van der Waals surface area (Å²) >= 11 is 0. The number of hydrogen-bond acceptors (Lipinski definition) is 3. The average molecular weight is 289 g/mol. The molecular weight excluding hydrogens is 271 g/mol. The normalized spacial score (nSPS) is 18.8. The molecule has 1 aliphatic rings. The van der Waals surface area contributed by atoms with Crippen molar-refractivity contribution in [1.29, 1.82) is 0 Å². The van der Waals surface area contributed by atoms with E-state index in [2.05, 4.69) is 0 Å². The monoisotopic (exact) mass is 288 g/mol. The summed E-state index contributed by atoms with van der Waals surface area (Å²) < 4.78 is 18.7. The van der Waals surface area contributed by atoms with Gasteiger partial charge >= 0.3 is 0 Å². The standard InChI is InChI=1S/C13H17FN2O2.ClH/c14-11-3-1-2-10(8-11)12-9-16(6-7-18-12)13(17)4-5-15;/h1-3,8,12H,4-7,9,15H2;1H. The van der Waals surface area contributed by atoms with Crippen molar-refractivity contribution in [2.45, 2.75) is 12.5 Å². The summed E-state index contributed by atoms with van der Waals surface area (Å²) in [5.41, 5.74) is 6.14. The third-order valence-corrected chi connectivity index (χ3v) is 3.00. The van der Waals surface area contributed by atoms with Crippen LogP contribution < -0.4 is 5.73 Å². The molecule has 1 heterocycles. The van der Waals surface area contributed by atoms with Crippen LogP contribution in [0.5, 0.6) is 0 Å². The third-order valence-electron chi connectivity index (χ3n) is 3.00. The zero-order chi connectivity index (χ0) is 13.0. The molecule has 1 unspecified atom stereocenters. The number of nitrogens with zero attached hydrogens (tertiary/aromatic N) is 1. The van der Waals surface area contributed by atoms with Crippen LogP contribution >= 0.6 is 12.4 Å². The van der Waals surface area contributed by atoms with Gasteiger partial charge in [0.1, 0.15) is 11.9 Å². The van der Waals surface area contributed by atoms with Gasteiger partial charge < -0.3 is 15.4 Å². The summed E-state index contributed by atoms with van der Waals surface area (Å²) in [5, 5.41) is 0. The van der Waals surface area contributed by atoms with Crippen LogP contribution in [0.1, 0.15) is 18.1 Å². The van der Waals surface area contributed by atoms with Crippen molar-refractivity contribution in [3.8, 4) is 0 Å². The van der Waals surface area contributed by atoms with E-state index in [0.717, 1.165) is 5.56 Å². The molecular formula is C13H18ClFN2O2. The van der Waals surface area contributed by atoms with Crippen LogP contribution in [-0.4, -0.2) is 37.0 Å². The van der Waals surface area contributed by atoms with Gasteiger partial charge in [-0.15, -0.1) is 12.4 Å². The number of ether oxygens (including phenoxy) is 1. The zero-order valence-corrected chi connectivity index (χ0v) is 11.4. The summed E-state index contributed by atoms with van der Waals surface area (Å²) in [4.78, 5) is 13.5. The SMILES string of the molecule is Cl.NCCC(=O)N1CCOC(c2cccc(F)c2)C1. The Morgan fingerprint density at radius 3 is 3.00 bits per heavy atom. The zero-order valence-electron chi connectivity index (χ0n) is 10.5. The first-order valence-electron chi connectivity index (χ1n) is 6.05. The van der Waals surface area contributed by atoms with E-state index in [0.29, 0.717) is 32.7 Å². The molecule has 106 valence electrons. The Morgan fingerprint density at radius 1 is 1.53 bits per heavy atom. The fraction of sp³-hybridized carbons (Fsp3) is 0.462. The predicted molar refractivity (Wildman–Crippen MR) is 72.6 cm³/mol. The van der Waals surface area contributed by atoms with E-state index < -0.39 is 0 Å². The van der Waals surface area contributed by atoms with Gasteiger partial charge in [-0.3, -0.25) is 4.79 Å². The molecule has 1 aromatic rings. The highest BCUT2D eigenvalue weighted by Crippen LogP contribution is 2.23. The number of morpholine rings is 1. The summed E-state index contributed by atoms with van der Waals surface area (Å²) in [5.74, 6) is -0.260. The first kappa shape index (κ1) is 15.9. The minimum Gasteiger partial charge on any atom is -0.370 e. The number of carbonyl (C=O) groups excluding carboxylic acids is 1. The van der Waals surface area contributed by atoms with Crippen molar-refractivity contribution in [1.82, 2.24) is 4.90 Å². The molecule has 2 rings (SSSR count). The Hall–Kier alpha value is -1.17. The van der Waals surface area contributed by atoms with E-state index in [4.69, 9.17) is 10.5 Å². The Balaban J connectivity index is 0.00000180. The van der Waals surface area contributed by atoms with Crippen LogP contribution in [-0.2, 0) is 9.53 Å². The first-order chi connectivity index (χ1) is 8.70. The second kappa shape index (κ2) is 7.43. The van der Waals surface area contributed by atoms with Crippen molar-refractivity contribution < 1.29 is 13.9 Å². The van der Waals surface area contributed by atoms with E-state index in [1.54, 1.807) is 11.0 Å². The van der Waals surface area contributed by atoms with E-state index in [-0.39, 0.29) is 30.2 Å². The summed E-state index contributed by atoms with van der Waals surface area (Å²) in [6.45, 7) is 1.85. The lowest BCUT2D eigenvalue weighted by atomic mass is 10.1. The average Bonchev–Trinajstić information content (AvgIpc) is 2.39. The summed E-state index contributed by atoms with van der Waals surface area (Å²) in [6.07, 6.45) is 0.0896. The fourth-order valence-corrected chi connectivity index (χ4v) is 2.07. The lowest BCUT2D eigenvalue weighted by Gasteiger charge is -2.33. The fourth-order valence-electron chi connectivity index (χ4n) is 2.07. The van der Waals surface area contributed by atoms with Gasteiger partial charge in [0.05, 0.1) is 13.2 Å². The molecule has 0 aliphatic carbocycles. The number of halogens is 2. The molecule has 0 aromatic heterocycles. The van der Waals surface area contributed by atoms with Gasteiger partial charge in [0.2, 0.25) is 5.91 Å². The number of carbonyl (C=O) groups is 1. The van der Waals surface area contributed by atoms with Gasteiger partial charge in [-0.2, -0.15) is 0 Å². The largest absolute Gasteiger partial charge is 0.370 e. The highest BCUT2D eigenvalue weighted by molar-refractivity contribution is 5.85. The topological polar surface area (TPSA) is 55.6 Å². The van der Waals surface area contributed by atoms with Crippen LogP contribution in [0.4, 0.5) is 4.39 Å². The minimum atomic E-state index is -0.290. The smallest absolute Gasteiger partial charge is 0.224 e. The number of amides is 1. The summed E-state index contributed by atoms with van der Waals surface area (Å²) in [7, 11) is 0. The van der Waals surface area contributed by atoms with Crippen LogP contribution in [0.3, 0.4) is 0 Å². The van der Waals surface area contributed by atoms with E-state index in [1.165, 1.54) is 12.1 Å². The van der Waals surface area contributed by atoms with Crippen LogP contribution in [0.2, 0.25) is 0 Å². The number of hydrogen-bond donors (Lipinski definition) is 1. The Labute approximate surface area is 118 Å². The van der Waals surface area contributed by atoms with E-state index >= 15 is 0 Å². The Bertz CT molecular complexity index is 431. The van der Waals surface area contributed by atoms with Crippen molar-refractivity contribution in [3.63, 3.8) is 0 Å². The van der Waals surface area contributed by atoms with Gasteiger partial charge in [0.25, 0.3) is 0 Å². The van der Waals surface area contributed by atoms with Crippen molar-refractivity contribution in [2.75, 3.05) is 26.2 Å². The highest BCUT2D eigenvalue weighted by atomic mass is 35.5. The molecule has 1 aromatic carbocycles. The lowest BCUT2D eigenvalue weighted by molar-refractivity contribution is -0.138. The molecule has 0 spiro atoms. The maximum Gasteiger partial charge on any atom is 0.224 e. The van der Waals surface area contributed by atoms with Crippen molar-refractivity contribution in [2.24, 2.45) is 5.73 Å². The first-order valence-corrected chi connectivity index (χ1v) is 6.05. The second-order valence-corrected chi connectivity index (χ2v) is 4.29. The van der Waals surface area contributed by atoms with Crippen LogP contribution in [0, 0.1) is 5.82 Å². The molecule has 2 N–H and O–H groups in total. The lowest BCUT2D eigenvalue weighted by Crippen LogP contribution is -2.42. The molecule has 0 radical (unpaired) electrons. The van der Waals surface area contributed by atoms with Gasteiger partial charge in [0, 0.05) is 19.5 Å². The van der Waals surface area contributed by atoms with Crippen molar-refractivity contribution >= 4 is 18.3 Å². The maximum absolute atomic E-state index is 13.1. The summed E-state index contributed by atoms with van der Waals surface area (Å²) in [6, 6.07) is 6.30.